The van der Waals surface area contributed by atoms with E-state index in [0.29, 0.717) is 0 Å². The summed E-state index contributed by atoms with van der Waals surface area (Å²) in [5, 5.41) is 8.40. The topological polar surface area (TPSA) is 75.4 Å². The third kappa shape index (κ3) is 2.92. The molecule has 3 heterocycles. The van der Waals surface area contributed by atoms with E-state index in [0.717, 1.165) is 50.4 Å². The van der Waals surface area contributed by atoms with Gasteiger partial charge in [-0.05, 0) is 63.7 Å². The van der Waals surface area contributed by atoms with Crippen molar-refractivity contribution in [1.29, 1.82) is 0 Å². The minimum atomic E-state index is -0.470. The van der Waals surface area contributed by atoms with Crippen molar-refractivity contribution in [3.8, 4) is 0 Å². The molecule has 1 amide bonds. The van der Waals surface area contributed by atoms with Crippen LogP contribution in [0, 0.1) is 13.8 Å². The number of anilines is 1. The molecule has 0 atom stereocenters. The summed E-state index contributed by atoms with van der Waals surface area (Å²) in [4.78, 5) is 16.9. The van der Waals surface area contributed by atoms with Gasteiger partial charge < -0.3 is 10.6 Å². The fraction of sp³-hybridized carbons (Fsp3) is 0.706. The van der Waals surface area contributed by atoms with E-state index in [4.69, 9.17) is 5.73 Å². The van der Waals surface area contributed by atoms with Crippen molar-refractivity contribution in [3.63, 3.8) is 0 Å². The molecule has 0 radical (unpaired) electrons. The van der Waals surface area contributed by atoms with Crippen LogP contribution in [-0.4, -0.2) is 52.7 Å². The number of aryl methyl sites for hydroxylation is 1. The molecule has 0 aromatic carbocycles. The maximum absolute atomic E-state index is 12.3. The van der Waals surface area contributed by atoms with Gasteiger partial charge in [0.15, 0.2) is 5.82 Å². The van der Waals surface area contributed by atoms with Crippen LogP contribution in [0.25, 0.3) is 0 Å². The zero-order chi connectivity index (χ0) is 16.4. The van der Waals surface area contributed by atoms with Gasteiger partial charge in [-0.2, -0.15) is 5.10 Å². The van der Waals surface area contributed by atoms with E-state index >= 15 is 0 Å². The lowest BCUT2D eigenvalue weighted by atomic mass is 9.83. The summed E-state index contributed by atoms with van der Waals surface area (Å²) in [6.45, 7) is 7.73. The maximum atomic E-state index is 12.3. The fourth-order valence-corrected chi connectivity index (χ4v) is 3.95. The summed E-state index contributed by atoms with van der Waals surface area (Å²) in [6.07, 6.45) is 6.94. The lowest BCUT2D eigenvalue weighted by Gasteiger charge is -2.48. The van der Waals surface area contributed by atoms with Crippen LogP contribution in [0.15, 0.2) is 6.20 Å². The SMILES string of the molecule is Cc1cnnc(N2CCC(C(N)=O)(N3CCCCC3)CC2)c1C. The normalized spacial score (nSPS) is 22.1. The number of hydrogen-bond acceptors (Lipinski definition) is 5. The van der Waals surface area contributed by atoms with E-state index < -0.39 is 5.54 Å². The van der Waals surface area contributed by atoms with E-state index in [-0.39, 0.29) is 5.91 Å². The molecular weight excluding hydrogens is 290 g/mol. The van der Waals surface area contributed by atoms with Gasteiger partial charge in [-0.25, -0.2) is 0 Å². The Morgan fingerprint density at radius 3 is 2.39 bits per heavy atom. The van der Waals surface area contributed by atoms with Crippen molar-refractivity contribution in [2.24, 2.45) is 5.73 Å². The molecule has 23 heavy (non-hydrogen) atoms. The van der Waals surface area contributed by atoms with Gasteiger partial charge in [0.2, 0.25) is 5.91 Å². The van der Waals surface area contributed by atoms with E-state index in [2.05, 4.69) is 33.8 Å². The van der Waals surface area contributed by atoms with Crippen molar-refractivity contribution in [1.82, 2.24) is 15.1 Å². The highest BCUT2D eigenvalue weighted by Crippen LogP contribution is 2.33. The summed E-state index contributed by atoms with van der Waals surface area (Å²) < 4.78 is 0. The number of carbonyl (C=O) groups is 1. The van der Waals surface area contributed by atoms with Gasteiger partial charge >= 0.3 is 0 Å². The molecule has 2 aliphatic heterocycles. The summed E-state index contributed by atoms with van der Waals surface area (Å²) in [7, 11) is 0. The zero-order valence-electron chi connectivity index (χ0n) is 14.2. The molecule has 2 N–H and O–H groups in total. The van der Waals surface area contributed by atoms with Gasteiger partial charge in [-0.1, -0.05) is 6.42 Å². The third-order valence-corrected chi connectivity index (χ3v) is 5.64. The standard InChI is InChI=1S/C17H27N5O/c1-13-12-19-20-15(14(13)2)21-10-6-17(7-11-21,16(18)23)22-8-4-3-5-9-22/h12H,3-11H2,1-2H3,(H2,18,23). The van der Waals surface area contributed by atoms with Gasteiger partial charge in [0.1, 0.15) is 5.54 Å². The summed E-state index contributed by atoms with van der Waals surface area (Å²) in [6, 6.07) is 0. The molecule has 0 bridgehead atoms. The van der Waals surface area contributed by atoms with Crippen LogP contribution in [0.1, 0.15) is 43.2 Å². The first kappa shape index (κ1) is 16.2. The predicted molar refractivity (Wildman–Crippen MR) is 90.3 cm³/mol. The van der Waals surface area contributed by atoms with Crippen LogP contribution in [0.3, 0.4) is 0 Å². The first-order valence-electron chi connectivity index (χ1n) is 8.63. The van der Waals surface area contributed by atoms with Crippen molar-refractivity contribution in [2.75, 3.05) is 31.1 Å². The number of hydrogen-bond donors (Lipinski definition) is 1. The number of amides is 1. The Bertz CT molecular complexity index is 574. The molecule has 6 nitrogen and oxygen atoms in total. The van der Waals surface area contributed by atoms with Crippen LogP contribution in [-0.2, 0) is 4.79 Å². The molecule has 0 spiro atoms. The summed E-state index contributed by atoms with van der Waals surface area (Å²) in [5.41, 5.74) is 7.70. The monoisotopic (exact) mass is 317 g/mol. The van der Waals surface area contributed by atoms with E-state index in [1.54, 1.807) is 6.20 Å². The molecule has 1 aromatic rings. The van der Waals surface area contributed by atoms with Crippen molar-refractivity contribution in [2.45, 2.75) is 51.5 Å². The van der Waals surface area contributed by atoms with E-state index in [1.165, 1.54) is 24.8 Å². The Kier molecular flexibility index (Phi) is 4.53. The third-order valence-electron chi connectivity index (χ3n) is 5.64. The number of aromatic nitrogens is 2. The fourth-order valence-electron chi connectivity index (χ4n) is 3.95. The van der Waals surface area contributed by atoms with Gasteiger partial charge in [0.25, 0.3) is 0 Å². The second kappa shape index (κ2) is 6.43. The highest BCUT2D eigenvalue weighted by Gasteiger charge is 2.45. The number of rotatable bonds is 3. The van der Waals surface area contributed by atoms with Crippen molar-refractivity contribution < 1.29 is 4.79 Å². The average molecular weight is 317 g/mol. The van der Waals surface area contributed by atoms with Crippen LogP contribution in [0.2, 0.25) is 0 Å². The summed E-state index contributed by atoms with van der Waals surface area (Å²) >= 11 is 0. The van der Waals surface area contributed by atoms with E-state index in [1.807, 2.05) is 0 Å². The van der Waals surface area contributed by atoms with Gasteiger partial charge in [0.05, 0.1) is 6.20 Å². The smallest absolute Gasteiger partial charge is 0.238 e. The molecule has 0 aliphatic carbocycles. The van der Waals surface area contributed by atoms with Gasteiger partial charge in [-0.15, -0.1) is 5.10 Å². The molecule has 3 rings (SSSR count). The Morgan fingerprint density at radius 2 is 1.78 bits per heavy atom. The minimum absolute atomic E-state index is 0.161. The maximum Gasteiger partial charge on any atom is 0.238 e. The van der Waals surface area contributed by atoms with Gasteiger partial charge in [0, 0.05) is 13.1 Å². The Labute approximate surface area is 138 Å². The predicted octanol–water partition coefficient (Wildman–Crippen LogP) is 1.40. The Morgan fingerprint density at radius 1 is 1.13 bits per heavy atom. The zero-order valence-corrected chi connectivity index (χ0v) is 14.2. The first-order chi connectivity index (χ1) is 11.0. The lowest BCUT2D eigenvalue weighted by Crippen LogP contribution is -2.63. The second-order valence-electron chi connectivity index (χ2n) is 6.91. The summed E-state index contributed by atoms with van der Waals surface area (Å²) in [5.74, 6) is 0.785. The molecular formula is C17H27N5O. The number of nitrogens with zero attached hydrogens (tertiary/aromatic N) is 4. The van der Waals surface area contributed by atoms with Crippen molar-refractivity contribution in [3.05, 3.63) is 17.3 Å². The largest absolute Gasteiger partial charge is 0.368 e. The highest BCUT2D eigenvalue weighted by atomic mass is 16.1. The van der Waals surface area contributed by atoms with Crippen molar-refractivity contribution >= 4 is 11.7 Å². The molecule has 6 heteroatoms. The Hall–Kier alpha value is -1.69. The average Bonchev–Trinajstić information content (AvgIpc) is 2.58. The van der Waals surface area contributed by atoms with Crippen LogP contribution in [0.5, 0.6) is 0 Å². The number of likely N-dealkylation sites (tertiary alicyclic amines) is 1. The number of piperidine rings is 2. The quantitative estimate of drug-likeness (QED) is 0.912. The molecule has 2 aliphatic rings. The minimum Gasteiger partial charge on any atom is -0.368 e. The van der Waals surface area contributed by atoms with E-state index in [9.17, 15) is 4.79 Å². The molecule has 0 saturated carbocycles. The Balaban J connectivity index is 1.77. The molecule has 2 saturated heterocycles. The van der Waals surface area contributed by atoms with Crippen LogP contribution in [0.4, 0.5) is 5.82 Å². The molecule has 0 unspecified atom stereocenters. The molecule has 1 aromatic heterocycles. The molecule has 2 fully saturated rings. The number of nitrogens with two attached hydrogens (primary N) is 1. The first-order valence-corrected chi connectivity index (χ1v) is 8.63. The van der Waals surface area contributed by atoms with Crippen LogP contribution >= 0.6 is 0 Å². The number of primary amides is 1. The highest BCUT2D eigenvalue weighted by molar-refractivity contribution is 5.85. The second-order valence-corrected chi connectivity index (χ2v) is 6.91. The number of carbonyl (C=O) groups excluding carboxylic acids is 1. The lowest BCUT2D eigenvalue weighted by molar-refractivity contribution is -0.132. The van der Waals surface area contributed by atoms with Gasteiger partial charge in [-0.3, -0.25) is 9.69 Å². The van der Waals surface area contributed by atoms with Crippen LogP contribution < -0.4 is 10.6 Å². The molecule has 126 valence electrons.